The minimum atomic E-state index is -3.40. The second kappa shape index (κ2) is 8.16. The summed E-state index contributed by atoms with van der Waals surface area (Å²) in [6.07, 6.45) is 0. The number of aliphatic hydroxyl groups is 2. The maximum Gasteiger partial charge on any atom is 0.241 e. The molecule has 0 saturated heterocycles. The van der Waals surface area contributed by atoms with E-state index in [1.54, 1.807) is 38.1 Å². The molecule has 8 heteroatoms. The van der Waals surface area contributed by atoms with Crippen molar-refractivity contribution in [3.05, 3.63) is 70.8 Å². The first-order chi connectivity index (χ1) is 13.0. The van der Waals surface area contributed by atoms with Crippen LogP contribution in [0.3, 0.4) is 0 Å². The third-order valence-corrected chi connectivity index (χ3v) is 5.52. The molecule has 0 spiro atoms. The predicted octanol–water partition coefficient (Wildman–Crippen LogP) is 2.67. The molecule has 2 N–H and O–H groups in total. The number of hydrogen-bond acceptors (Lipinski definition) is 6. The van der Waals surface area contributed by atoms with Gasteiger partial charge in [0, 0.05) is 11.1 Å². The van der Waals surface area contributed by atoms with Gasteiger partial charge in [-0.2, -0.15) is 0 Å². The third-order valence-electron chi connectivity index (χ3n) is 4.38. The summed E-state index contributed by atoms with van der Waals surface area (Å²) in [6.45, 7) is 3.52. The Bertz CT molecular complexity index is 872. The predicted molar refractivity (Wildman–Crippen MR) is 109 cm³/mol. The van der Waals surface area contributed by atoms with E-state index < -0.39 is 32.2 Å². The van der Waals surface area contributed by atoms with Gasteiger partial charge in [0.15, 0.2) is 0 Å². The van der Waals surface area contributed by atoms with Crippen molar-refractivity contribution in [1.82, 2.24) is 0 Å². The van der Waals surface area contributed by atoms with Gasteiger partial charge < -0.3 is 10.2 Å². The molecule has 2 atom stereocenters. The Morgan fingerprint density at radius 1 is 0.643 bits per heavy atom. The van der Waals surface area contributed by atoms with E-state index >= 15 is 0 Å². The van der Waals surface area contributed by atoms with Crippen molar-refractivity contribution in [2.45, 2.75) is 25.0 Å². The lowest BCUT2D eigenvalue weighted by Gasteiger charge is -2.36. The second-order valence-electron chi connectivity index (χ2n) is 6.36. The topological polar surface area (TPSA) is 109 Å². The number of Topliss-reactive ketones (excluding diaryl/α,β-unsaturated/α-hetero) is 2. The van der Waals surface area contributed by atoms with Crippen LogP contribution in [-0.2, 0) is 9.59 Å². The monoisotopic (exact) mass is 510 g/mol. The average molecular weight is 512 g/mol. The number of ketones is 2. The van der Waals surface area contributed by atoms with Gasteiger partial charge in [0.1, 0.15) is 0 Å². The van der Waals surface area contributed by atoms with Crippen molar-refractivity contribution in [2.75, 3.05) is 0 Å². The van der Waals surface area contributed by atoms with Crippen LogP contribution >= 0.6 is 31.9 Å². The zero-order valence-electron chi connectivity index (χ0n) is 14.9. The second-order valence-corrected chi connectivity index (χ2v) is 7.80. The minimum absolute atomic E-state index is 0.162. The fourth-order valence-electron chi connectivity index (χ4n) is 2.62. The Labute approximate surface area is 177 Å². The van der Waals surface area contributed by atoms with Crippen LogP contribution in [0, 0.1) is 13.8 Å². The average Bonchev–Trinajstić information content (AvgIpc) is 2.66. The lowest BCUT2D eigenvalue weighted by molar-refractivity contribution is -0.152. The van der Waals surface area contributed by atoms with Gasteiger partial charge in [-0.15, -0.1) is 0 Å². The zero-order valence-corrected chi connectivity index (χ0v) is 18.1. The highest BCUT2D eigenvalue weighted by Gasteiger charge is 2.67. The van der Waals surface area contributed by atoms with Gasteiger partial charge in [0.05, 0.1) is 0 Å². The molecule has 0 radical (unpaired) electrons. The summed E-state index contributed by atoms with van der Waals surface area (Å²) >= 11 is 4.94. The van der Waals surface area contributed by atoms with Crippen LogP contribution in [0.5, 0.6) is 0 Å². The van der Waals surface area contributed by atoms with E-state index in [0.717, 1.165) is 11.1 Å². The molecular weight excluding hydrogens is 496 g/mol. The largest absolute Gasteiger partial charge is 0.371 e. The molecule has 0 aliphatic rings. The van der Waals surface area contributed by atoms with Crippen molar-refractivity contribution in [3.8, 4) is 0 Å². The molecule has 0 aliphatic heterocycles. The molecule has 2 aromatic carbocycles. The standard InChI is InChI=1S/C20H16Br2O6/c1-11-3-7-13(8-4-11)15(23)19(27,17(21)25)20(28,18(22)26)16(24)14-9-5-12(2)6-10-14/h3-10,27-28H,1-2H3. The summed E-state index contributed by atoms with van der Waals surface area (Å²) in [7, 11) is 0. The van der Waals surface area contributed by atoms with Crippen molar-refractivity contribution in [3.63, 3.8) is 0 Å². The zero-order chi connectivity index (χ0) is 21.3. The third kappa shape index (κ3) is 3.65. The first-order valence-corrected chi connectivity index (χ1v) is 9.62. The molecule has 0 aliphatic carbocycles. The van der Waals surface area contributed by atoms with E-state index in [4.69, 9.17) is 0 Å². The summed E-state index contributed by atoms with van der Waals surface area (Å²) in [5, 5.41) is 22.0. The Morgan fingerprint density at radius 2 is 0.893 bits per heavy atom. The van der Waals surface area contributed by atoms with Crippen LogP contribution < -0.4 is 0 Å². The summed E-state index contributed by atoms with van der Waals surface area (Å²) in [5.74, 6) is -2.60. The molecule has 2 rings (SSSR count). The number of aryl methyl sites for hydroxylation is 2. The van der Waals surface area contributed by atoms with Crippen LogP contribution in [0.25, 0.3) is 0 Å². The first-order valence-electron chi connectivity index (χ1n) is 8.03. The van der Waals surface area contributed by atoms with E-state index in [2.05, 4.69) is 31.9 Å². The van der Waals surface area contributed by atoms with Crippen molar-refractivity contribution < 1.29 is 29.4 Å². The van der Waals surface area contributed by atoms with Gasteiger partial charge in [-0.1, -0.05) is 59.7 Å². The van der Waals surface area contributed by atoms with Gasteiger partial charge in [-0.05, 0) is 45.7 Å². The van der Waals surface area contributed by atoms with E-state index in [1.165, 1.54) is 24.3 Å². The molecule has 0 bridgehead atoms. The van der Waals surface area contributed by atoms with Gasteiger partial charge in [-0.25, -0.2) is 0 Å². The highest BCUT2D eigenvalue weighted by molar-refractivity contribution is 9.18. The quantitative estimate of drug-likeness (QED) is 0.336. The van der Waals surface area contributed by atoms with Crippen LogP contribution in [0.15, 0.2) is 48.5 Å². The maximum absolute atomic E-state index is 13.0. The summed E-state index contributed by atoms with van der Waals surface area (Å²) < 4.78 is -2.86. The number of halogens is 2. The van der Waals surface area contributed by atoms with E-state index in [1.807, 2.05) is 0 Å². The lowest BCUT2D eigenvalue weighted by Crippen LogP contribution is -2.69. The molecule has 0 saturated carbocycles. The lowest BCUT2D eigenvalue weighted by atomic mass is 9.74. The molecular formula is C20H16Br2O6. The molecule has 2 aromatic rings. The molecule has 0 amide bonds. The van der Waals surface area contributed by atoms with Crippen LogP contribution in [0.4, 0.5) is 0 Å². The Kier molecular flexibility index (Phi) is 6.50. The van der Waals surface area contributed by atoms with Gasteiger partial charge in [-0.3, -0.25) is 19.2 Å². The molecule has 0 heterocycles. The number of carbonyl (C=O) groups is 4. The first kappa shape index (κ1) is 22.3. The van der Waals surface area contributed by atoms with E-state index in [-0.39, 0.29) is 11.1 Å². The molecule has 146 valence electrons. The van der Waals surface area contributed by atoms with E-state index in [0.29, 0.717) is 0 Å². The molecule has 2 unspecified atom stereocenters. The molecule has 28 heavy (non-hydrogen) atoms. The van der Waals surface area contributed by atoms with Gasteiger partial charge in [0.25, 0.3) is 0 Å². The smallest absolute Gasteiger partial charge is 0.241 e. The van der Waals surface area contributed by atoms with E-state index in [9.17, 15) is 29.4 Å². The number of hydrogen-bond donors (Lipinski definition) is 2. The van der Waals surface area contributed by atoms with Crippen LogP contribution in [0.1, 0.15) is 31.8 Å². The fraction of sp³-hybridized carbons (Fsp3) is 0.200. The van der Waals surface area contributed by atoms with Crippen molar-refractivity contribution in [1.29, 1.82) is 0 Å². The Hall–Kier alpha value is -2.00. The van der Waals surface area contributed by atoms with Crippen LogP contribution in [0.2, 0.25) is 0 Å². The maximum atomic E-state index is 13.0. The van der Waals surface area contributed by atoms with Gasteiger partial charge >= 0.3 is 0 Å². The number of carbonyl (C=O) groups excluding carboxylic acids is 4. The summed E-state index contributed by atoms with van der Waals surface area (Å²) in [4.78, 5) is 50.4. The summed E-state index contributed by atoms with van der Waals surface area (Å²) in [5.41, 5.74) is -5.52. The normalized spacial score (nSPS) is 15.2. The van der Waals surface area contributed by atoms with Gasteiger partial charge in [0.2, 0.25) is 32.2 Å². The molecule has 0 aromatic heterocycles. The Balaban J connectivity index is 2.69. The minimum Gasteiger partial charge on any atom is -0.371 e. The SMILES string of the molecule is Cc1ccc(C(=O)C(O)(C(=O)Br)C(O)(C(=O)Br)C(=O)c2ccc(C)cc2)cc1. The molecule has 0 fully saturated rings. The number of rotatable bonds is 7. The van der Waals surface area contributed by atoms with Crippen molar-refractivity contribution >= 4 is 52.8 Å². The fourth-order valence-corrected chi connectivity index (χ4v) is 3.55. The van der Waals surface area contributed by atoms with Crippen LogP contribution in [-0.4, -0.2) is 42.4 Å². The highest BCUT2D eigenvalue weighted by atomic mass is 79.9. The van der Waals surface area contributed by atoms with Crippen molar-refractivity contribution in [2.24, 2.45) is 0 Å². The highest BCUT2D eigenvalue weighted by Crippen LogP contribution is 2.35. The Morgan fingerprint density at radius 3 is 1.11 bits per heavy atom. The molecule has 6 nitrogen and oxygen atoms in total. The number of benzene rings is 2. The summed E-state index contributed by atoms with van der Waals surface area (Å²) in [6, 6.07) is 11.4.